The molecule has 2 rings (SSSR count). The number of aliphatic carboxylic acids is 1. The van der Waals surface area contributed by atoms with Crippen LogP contribution >= 0.6 is 0 Å². The van der Waals surface area contributed by atoms with Crippen molar-refractivity contribution in [3.05, 3.63) is 52.6 Å². The Kier molecular flexibility index (Phi) is 7.45. The molecule has 136 valence electrons. The number of hydrogen-bond acceptors (Lipinski definition) is 4. The van der Waals surface area contributed by atoms with Gasteiger partial charge in [0.05, 0.1) is 0 Å². The van der Waals surface area contributed by atoms with E-state index in [1.165, 1.54) is 0 Å². The van der Waals surface area contributed by atoms with Crippen LogP contribution in [0.25, 0.3) is 0 Å². The van der Waals surface area contributed by atoms with Crippen LogP contribution in [0.2, 0.25) is 0 Å². The van der Waals surface area contributed by atoms with Crippen LogP contribution in [0, 0.1) is 20.8 Å². The van der Waals surface area contributed by atoms with E-state index in [9.17, 15) is 9.90 Å². The maximum absolute atomic E-state index is 10.9. The summed E-state index contributed by atoms with van der Waals surface area (Å²) < 4.78 is 5.92. The highest BCUT2D eigenvalue weighted by atomic mass is 16.5. The van der Waals surface area contributed by atoms with Crippen molar-refractivity contribution in [1.82, 2.24) is 0 Å². The van der Waals surface area contributed by atoms with Gasteiger partial charge in [0.15, 0.2) is 0 Å². The number of carboxylic acid groups (broad SMARTS) is 1. The summed E-state index contributed by atoms with van der Waals surface area (Å²) in [6.45, 7) is 9.62. The summed E-state index contributed by atoms with van der Waals surface area (Å²) in [5, 5.41) is 18.5. The lowest BCUT2D eigenvalue weighted by Gasteiger charge is -2.15. The second kappa shape index (κ2) is 9.08. The number of aryl methyl sites for hydroxylation is 3. The molecule has 0 aliphatic heterocycles. The van der Waals surface area contributed by atoms with Crippen molar-refractivity contribution in [3.8, 4) is 17.2 Å². The van der Waals surface area contributed by atoms with Gasteiger partial charge in [0.1, 0.15) is 23.3 Å². The Morgan fingerprint density at radius 2 is 1.64 bits per heavy atom. The van der Waals surface area contributed by atoms with Crippen LogP contribution in [-0.4, -0.2) is 22.2 Å². The van der Waals surface area contributed by atoms with E-state index in [1.807, 2.05) is 39.8 Å². The molecule has 5 nitrogen and oxygen atoms in total. The molecular formula is C20H27NO4. The number of aromatic hydroxyl groups is 1. The normalized spacial score (nSPS) is 11.3. The fourth-order valence-corrected chi connectivity index (χ4v) is 2.47. The average molecular weight is 345 g/mol. The van der Waals surface area contributed by atoms with Crippen molar-refractivity contribution in [1.29, 1.82) is 0 Å². The zero-order valence-corrected chi connectivity index (χ0v) is 15.5. The molecule has 1 atom stereocenters. The number of rotatable bonds is 5. The van der Waals surface area contributed by atoms with Crippen LogP contribution in [0.1, 0.15) is 36.1 Å². The predicted octanol–water partition coefficient (Wildman–Crippen LogP) is 4.09. The maximum Gasteiger partial charge on any atom is 0.320 e. The molecule has 0 amide bonds. The van der Waals surface area contributed by atoms with Crippen LogP contribution in [0.5, 0.6) is 17.2 Å². The standard InChI is InChI=1S/C18H21NO4.C2H6/c1-10-8-14(4-5-16(10)20)23-17-11(2)6-13(7-12(17)3)9-15(19)18(21)22;1-2/h4-8,15,20H,9,19H2,1-3H3,(H,21,22);1-2H3/t15-;/m0./s1. The Balaban J connectivity index is 0.00000151. The summed E-state index contributed by atoms with van der Waals surface area (Å²) in [7, 11) is 0. The van der Waals surface area contributed by atoms with E-state index in [4.69, 9.17) is 15.6 Å². The van der Waals surface area contributed by atoms with Gasteiger partial charge in [0, 0.05) is 0 Å². The Labute approximate surface area is 149 Å². The van der Waals surface area contributed by atoms with Gasteiger partial charge >= 0.3 is 5.97 Å². The number of carbonyl (C=O) groups is 1. The predicted molar refractivity (Wildman–Crippen MR) is 99.5 cm³/mol. The number of phenolic OH excluding ortho intramolecular Hbond substituents is 1. The molecule has 0 spiro atoms. The molecule has 0 aromatic heterocycles. The maximum atomic E-state index is 10.9. The monoisotopic (exact) mass is 345 g/mol. The first-order valence-electron chi connectivity index (χ1n) is 8.34. The minimum atomic E-state index is -1.01. The third kappa shape index (κ3) is 5.50. The van der Waals surface area contributed by atoms with Crippen molar-refractivity contribution < 1.29 is 19.7 Å². The van der Waals surface area contributed by atoms with Crippen molar-refractivity contribution in [2.75, 3.05) is 0 Å². The second-order valence-corrected chi connectivity index (χ2v) is 5.76. The Bertz CT molecular complexity index is 717. The van der Waals surface area contributed by atoms with Crippen molar-refractivity contribution in [3.63, 3.8) is 0 Å². The highest BCUT2D eigenvalue weighted by Crippen LogP contribution is 2.32. The number of carboxylic acids is 1. The van der Waals surface area contributed by atoms with E-state index in [0.717, 1.165) is 28.0 Å². The number of hydrogen-bond donors (Lipinski definition) is 3. The SMILES string of the molecule is CC.Cc1cc(Oc2c(C)cc(C[C@H](N)C(=O)O)cc2C)ccc1O. The number of benzene rings is 2. The van der Waals surface area contributed by atoms with E-state index in [0.29, 0.717) is 5.75 Å². The van der Waals surface area contributed by atoms with Gasteiger partial charge in [-0.3, -0.25) is 4.79 Å². The molecule has 0 saturated heterocycles. The minimum absolute atomic E-state index is 0.226. The van der Waals surface area contributed by atoms with Crippen LogP contribution in [0.3, 0.4) is 0 Å². The third-order valence-corrected chi connectivity index (χ3v) is 3.68. The van der Waals surface area contributed by atoms with E-state index in [2.05, 4.69) is 0 Å². The summed E-state index contributed by atoms with van der Waals surface area (Å²) in [6, 6.07) is 7.92. The van der Waals surface area contributed by atoms with Gasteiger partial charge in [-0.15, -0.1) is 0 Å². The first-order chi connectivity index (χ1) is 11.8. The lowest BCUT2D eigenvalue weighted by molar-refractivity contribution is -0.138. The minimum Gasteiger partial charge on any atom is -0.508 e. The quantitative estimate of drug-likeness (QED) is 0.759. The Morgan fingerprint density at radius 3 is 2.12 bits per heavy atom. The van der Waals surface area contributed by atoms with E-state index in [1.54, 1.807) is 25.1 Å². The fourth-order valence-electron chi connectivity index (χ4n) is 2.47. The van der Waals surface area contributed by atoms with Gasteiger partial charge < -0.3 is 20.7 Å². The van der Waals surface area contributed by atoms with Gasteiger partial charge in [-0.1, -0.05) is 26.0 Å². The molecule has 0 fully saturated rings. The van der Waals surface area contributed by atoms with Crippen LogP contribution < -0.4 is 10.5 Å². The molecule has 0 heterocycles. The molecule has 0 aliphatic carbocycles. The highest BCUT2D eigenvalue weighted by molar-refractivity contribution is 5.73. The third-order valence-electron chi connectivity index (χ3n) is 3.68. The largest absolute Gasteiger partial charge is 0.508 e. The molecule has 0 unspecified atom stereocenters. The van der Waals surface area contributed by atoms with Gasteiger partial charge in [0.25, 0.3) is 0 Å². The zero-order chi connectivity index (χ0) is 19.1. The molecule has 0 radical (unpaired) electrons. The van der Waals surface area contributed by atoms with Crippen LogP contribution in [0.4, 0.5) is 0 Å². The number of phenols is 1. The van der Waals surface area contributed by atoms with Crippen LogP contribution in [-0.2, 0) is 11.2 Å². The summed E-state index contributed by atoms with van der Waals surface area (Å²) in [4.78, 5) is 10.9. The Morgan fingerprint density at radius 1 is 1.08 bits per heavy atom. The topological polar surface area (TPSA) is 92.8 Å². The summed E-state index contributed by atoms with van der Waals surface area (Å²) in [6.07, 6.45) is 0.273. The van der Waals surface area contributed by atoms with Gasteiger partial charge in [0.2, 0.25) is 0 Å². The summed E-state index contributed by atoms with van der Waals surface area (Å²) >= 11 is 0. The number of nitrogens with two attached hydrogens (primary N) is 1. The molecule has 2 aromatic rings. The molecule has 0 saturated carbocycles. The van der Waals surface area contributed by atoms with E-state index in [-0.39, 0.29) is 12.2 Å². The lowest BCUT2D eigenvalue weighted by atomic mass is 10.0. The highest BCUT2D eigenvalue weighted by Gasteiger charge is 2.15. The Hall–Kier alpha value is -2.53. The zero-order valence-electron chi connectivity index (χ0n) is 15.5. The average Bonchev–Trinajstić information content (AvgIpc) is 2.56. The molecular weight excluding hydrogens is 318 g/mol. The molecule has 0 aliphatic rings. The van der Waals surface area contributed by atoms with E-state index >= 15 is 0 Å². The van der Waals surface area contributed by atoms with Gasteiger partial charge in [-0.2, -0.15) is 0 Å². The molecule has 25 heavy (non-hydrogen) atoms. The van der Waals surface area contributed by atoms with Crippen molar-refractivity contribution in [2.24, 2.45) is 5.73 Å². The van der Waals surface area contributed by atoms with Crippen LogP contribution in [0.15, 0.2) is 30.3 Å². The first kappa shape index (κ1) is 20.5. The number of ether oxygens (including phenoxy) is 1. The second-order valence-electron chi connectivity index (χ2n) is 5.76. The molecule has 5 heteroatoms. The van der Waals surface area contributed by atoms with E-state index < -0.39 is 12.0 Å². The lowest BCUT2D eigenvalue weighted by Crippen LogP contribution is -2.32. The molecule has 4 N–H and O–H groups in total. The smallest absolute Gasteiger partial charge is 0.320 e. The first-order valence-corrected chi connectivity index (χ1v) is 8.34. The molecule has 0 bridgehead atoms. The van der Waals surface area contributed by atoms with Gasteiger partial charge in [-0.05, 0) is 67.6 Å². The fraction of sp³-hybridized carbons (Fsp3) is 0.350. The van der Waals surface area contributed by atoms with Gasteiger partial charge in [-0.25, -0.2) is 0 Å². The summed E-state index contributed by atoms with van der Waals surface area (Å²) in [5.41, 5.74) is 9.00. The summed E-state index contributed by atoms with van der Waals surface area (Å²) in [5.74, 6) is 0.577. The molecule has 2 aromatic carbocycles. The van der Waals surface area contributed by atoms with Crippen molar-refractivity contribution >= 4 is 5.97 Å². The van der Waals surface area contributed by atoms with Crippen molar-refractivity contribution in [2.45, 2.75) is 47.1 Å².